The molecule has 10 nitrogen and oxygen atoms in total. The smallest absolute Gasteiger partial charge is 0.270 e. The summed E-state index contributed by atoms with van der Waals surface area (Å²) in [6.07, 6.45) is 5.57. The molecule has 1 saturated heterocycles. The first-order chi connectivity index (χ1) is 17.5. The highest BCUT2D eigenvalue weighted by molar-refractivity contribution is 5.75. The molecule has 1 N–H and O–H groups in total. The van der Waals surface area contributed by atoms with Crippen LogP contribution >= 0.6 is 0 Å². The molecule has 1 aliphatic carbocycles. The summed E-state index contributed by atoms with van der Waals surface area (Å²) in [5.74, 6) is 1.95. The number of aryl methyl sites for hydroxylation is 2. The summed E-state index contributed by atoms with van der Waals surface area (Å²) in [4.78, 5) is 16.8. The third-order valence-electron chi connectivity index (χ3n) is 6.35. The van der Waals surface area contributed by atoms with Crippen LogP contribution in [-0.2, 0) is 9.47 Å². The van der Waals surface area contributed by atoms with Crippen molar-refractivity contribution in [3.8, 4) is 16.9 Å². The maximum absolute atomic E-state index is 12.4. The molecule has 0 spiro atoms. The molecule has 0 amide bonds. The van der Waals surface area contributed by atoms with Crippen molar-refractivity contribution >= 4 is 17.2 Å². The lowest BCUT2D eigenvalue weighted by Gasteiger charge is -2.23. The molecule has 0 radical (unpaired) electrons. The van der Waals surface area contributed by atoms with Crippen LogP contribution in [0.4, 0.5) is 11.6 Å². The van der Waals surface area contributed by atoms with Crippen LogP contribution in [0.2, 0.25) is 0 Å². The number of rotatable bonds is 7. The summed E-state index contributed by atoms with van der Waals surface area (Å²) in [6.45, 7) is 5.90. The normalized spacial score (nSPS) is 17.9. The summed E-state index contributed by atoms with van der Waals surface area (Å²) in [5, 5.41) is 12.4. The molecule has 0 unspecified atom stereocenters. The van der Waals surface area contributed by atoms with E-state index in [9.17, 15) is 4.79 Å². The summed E-state index contributed by atoms with van der Waals surface area (Å²) in [5.41, 5.74) is 4.38. The molecule has 36 heavy (non-hydrogen) atoms. The Morgan fingerprint density at radius 3 is 2.78 bits per heavy atom. The molecule has 10 heteroatoms. The molecule has 4 aromatic heterocycles. The zero-order chi connectivity index (χ0) is 24.6. The lowest BCUT2D eigenvalue weighted by atomic mass is 10.1. The lowest BCUT2D eigenvalue weighted by molar-refractivity contribution is -0.101. The Morgan fingerprint density at radius 1 is 1.11 bits per heavy atom. The predicted molar refractivity (Wildman–Crippen MR) is 134 cm³/mol. The van der Waals surface area contributed by atoms with Crippen LogP contribution in [0.15, 0.2) is 47.5 Å². The number of ether oxygens (including phenoxy) is 3. The SMILES string of the molecule is Cc1cc(-c2ccn3nc(Nc4cc(C)c(=O)n(C5CC5)n4)cc3c2)c(OC[C@@H]2COCCO2)cn1. The topological polar surface area (TPSA) is 105 Å². The van der Waals surface area contributed by atoms with Crippen molar-refractivity contribution in [3.05, 3.63) is 64.3 Å². The largest absolute Gasteiger partial charge is 0.489 e. The van der Waals surface area contributed by atoms with E-state index in [-0.39, 0.29) is 17.7 Å². The van der Waals surface area contributed by atoms with Gasteiger partial charge in [-0.1, -0.05) is 0 Å². The Kier molecular flexibility index (Phi) is 5.90. The molecule has 2 fully saturated rings. The Morgan fingerprint density at radius 2 is 1.97 bits per heavy atom. The van der Waals surface area contributed by atoms with Gasteiger partial charge in [-0.15, -0.1) is 0 Å². The monoisotopic (exact) mass is 488 g/mol. The third-order valence-corrected chi connectivity index (χ3v) is 6.35. The maximum Gasteiger partial charge on any atom is 0.270 e. The fraction of sp³-hybridized carbons (Fsp3) is 0.385. The number of fused-ring (bicyclic) bond motifs is 1. The number of aromatic nitrogens is 5. The van der Waals surface area contributed by atoms with Crippen LogP contribution in [0, 0.1) is 13.8 Å². The van der Waals surface area contributed by atoms with Gasteiger partial charge in [0.2, 0.25) is 0 Å². The van der Waals surface area contributed by atoms with Gasteiger partial charge < -0.3 is 19.5 Å². The third kappa shape index (κ3) is 4.69. The zero-order valence-corrected chi connectivity index (χ0v) is 20.3. The van der Waals surface area contributed by atoms with E-state index in [1.54, 1.807) is 21.5 Å². The van der Waals surface area contributed by atoms with Gasteiger partial charge in [-0.05, 0) is 56.5 Å². The molecule has 1 aliphatic heterocycles. The maximum atomic E-state index is 12.4. The van der Waals surface area contributed by atoms with Crippen LogP contribution in [0.3, 0.4) is 0 Å². The zero-order valence-electron chi connectivity index (χ0n) is 20.3. The highest BCUT2D eigenvalue weighted by Gasteiger charge is 2.26. The molecule has 0 bridgehead atoms. The molecule has 1 saturated carbocycles. The van der Waals surface area contributed by atoms with Crippen LogP contribution in [0.1, 0.15) is 30.1 Å². The Hall–Kier alpha value is -3.76. The van der Waals surface area contributed by atoms with Crippen molar-refractivity contribution in [2.75, 3.05) is 31.7 Å². The van der Waals surface area contributed by atoms with Crippen LogP contribution < -0.4 is 15.6 Å². The first kappa shape index (κ1) is 22.7. The summed E-state index contributed by atoms with van der Waals surface area (Å²) < 4.78 is 20.7. The van der Waals surface area contributed by atoms with E-state index in [2.05, 4.69) is 26.6 Å². The van der Waals surface area contributed by atoms with Crippen molar-refractivity contribution in [3.63, 3.8) is 0 Å². The molecule has 1 atom stereocenters. The second kappa shape index (κ2) is 9.36. The highest BCUT2D eigenvalue weighted by atomic mass is 16.6. The minimum atomic E-state index is -0.0923. The summed E-state index contributed by atoms with van der Waals surface area (Å²) >= 11 is 0. The van der Waals surface area contributed by atoms with E-state index in [1.807, 2.05) is 38.2 Å². The van der Waals surface area contributed by atoms with E-state index >= 15 is 0 Å². The number of hydrogen-bond donors (Lipinski definition) is 1. The van der Waals surface area contributed by atoms with Gasteiger partial charge in [-0.2, -0.15) is 10.2 Å². The first-order valence-electron chi connectivity index (χ1n) is 12.2. The number of nitrogens with zero attached hydrogens (tertiary/aromatic N) is 5. The lowest BCUT2D eigenvalue weighted by Crippen LogP contribution is -2.33. The van der Waals surface area contributed by atoms with Crippen molar-refractivity contribution in [1.82, 2.24) is 24.4 Å². The van der Waals surface area contributed by atoms with Gasteiger partial charge in [-0.3, -0.25) is 9.78 Å². The van der Waals surface area contributed by atoms with Gasteiger partial charge in [0.1, 0.15) is 18.5 Å². The molecule has 0 aromatic carbocycles. The number of nitrogens with one attached hydrogen (secondary N) is 1. The van der Waals surface area contributed by atoms with Crippen molar-refractivity contribution < 1.29 is 14.2 Å². The quantitative estimate of drug-likeness (QED) is 0.422. The van der Waals surface area contributed by atoms with Gasteiger partial charge in [0.05, 0.1) is 37.6 Å². The van der Waals surface area contributed by atoms with Gasteiger partial charge >= 0.3 is 0 Å². The van der Waals surface area contributed by atoms with Gasteiger partial charge in [0.15, 0.2) is 11.6 Å². The molecular weight excluding hydrogens is 460 g/mol. The second-order valence-corrected chi connectivity index (χ2v) is 9.33. The van der Waals surface area contributed by atoms with E-state index in [0.717, 1.165) is 35.2 Å². The Bertz CT molecular complexity index is 1470. The fourth-order valence-electron chi connectivity index (χ4n) is 4.32. The average Bonchev–Trinajstić information content (AvgIpc) is 3.65. The van der Waals surface area contributed by atoms with Gasteiger partial charge in [-0.25, -0.2) is 9.20 Å². The number of hydrogen-bond acceptors (Lipinski definition) is 8. The predicted octanol–water partition coefficient (Wildman–Crippen LogP) is 3.44. The van der Waals surface area contributed by atoms with Crippen LogP contribution in [0.5, 0.6) is 5.75 Å². The minimum absolute atomic E-state index is 0.0315. The summed E-state index contributed by atoms with van der Waals surface area (Å²) in [7, 11) is 0. The number of pyridine rings is 2. The molecule has 5 heterocycles. The Labute approximate surface area is 207 Å². The van der Waals surface area contributed by atoms with Crippen molar-refractivity contribution in [1.29, 1.82) is 0 Å². The van der Waals surface area contributed by atoms with Crippen molar-refractivity contribution in [2.24, 2.45) is 0 Å². The van der Waals surface area contributed by atoms with Gasteiger partial charge in [0.25, 0.3) is 5.56 Å². The fourth-order valence-corrected chi connectivity index (χ4v) is 4.32. The standard InChI is InChI=1S/C26H28N6O4/c1-16-9-24(30-32(26(16)33)19-3-4-19)28-25-12-20-11-18(5-6-31(20)29-25)22-10-17(2)27-13-23(22)36-15-21-14-34-7-8-35-21/h5-6,9-13,19,21H,3-4,7-8,14-15H2,1-2H3,(H,28,29,30)/t21-/m0/s1. The van der Waals surface area contributed by atoms with E-state index in [1.165, 1.54) is 0 Å². The molecule has 4 aromatic rings. The molecular formula is C26H28N6O4. The number of anilines is 2. The van der Waals surface area contributed by atoms with Crippen molar-refractivity contribution in [2.45, 2.75) is 38.8 Å². The molecule has 2 aliphatic rings. The van der Waals surface area contributed by atoms with E-state index in [4.69, 9.17) is 14.2 Å². The first-order valence-corrected chi connectivity index (χ1v) is 12.2. The minimum Gasteiger partial charge on any atom is -0.489 e. The van der Waals surface area contributed by atoms with E-state index in [0.29, 0.717) is 49.4 Å². The molecule has 186 valence electrons. The second-order valence-electron chi connectivity index (χ2n) is 9.33. The Balaban J connectivity index is 1.26. The highest BCUT2D eigenvalue weighted by Crippen LogP contribution is 2.34. The van der Waals surface area contributed by atoms with Crippen LogP contribution in [0.25, 0.3) is 16.6 Å². The summed E-state index contributed by atoms with van der Waals surface area (Å²) in [6, 6.07) is 10.0. The van der Waals surface area contributed by atoms with E-state index < -0.39 is 0 Å². The average molecular weight is 489 g/mol. The van der Waals surface area contributed by atoms with Crippen LogP contribution in [-0.4, -0.2) is 56.9 Å². The van der Waals surface area contributed by atoms with Gasteiger partial charge in [0, 0.05) is 29.1 Å². The molecule has 6 rings (SSSR count).